The molecule has 0 aromatic heterocycles. The average Bonchev–Trinajstić information content (AvgIpc) is 2.02. The zero-order valence-corrected chi connectivity index (χ0v) is 8.82. The van der Waals surface area contributed by atoms with Crippen LogP contribution in [0.15, 0.2) is 23.9 Å². The van der Waals surface area contributed by atoms with Gasteiger partial charge < -0.3 is 0 Å². The van der Waals surface area contributed by atoms with Gasteiger partial charge in [-0.3, -0.25) is 9.28 Å². The van der Waals surface area contributed by atoms with Crippen molar-refractivity contribution in [3.8, 4) is 0 Å². The molecule has 1 atom stereocenters. The highest BCUT2D eigenvalue weighted by Crippen LogP contribution is 2.25. The lowest BCUT2D eigenvalue weighted by molar-refractivity contribution is -0.870. The van der Waals surface area contributed by atoms with E-state index in [1.54, 1.807) is 0 Å². The molecule has 2 nitrogen and oxygen atoms in total. The molecule has 0 saturated carbocycles. The molecule has 0 bridgehead atoms. The minimum absolute atomic E-state index is 0.408. The zero-order valence-electron chi connectivity index (χ0n) is 8.82. The zero-order chi connectivity index (χ0) is 10.1. The number of carbonyl (C=O) groups excluding carboxylic acids is 1. The molecule has 1 unspecified atom stereocenters. The fourth-order valence-electron chi connectivity index (χ4n) is 1.99. The molecule has 0 spiro atoms. The molecule has 13 heavy (non-hydrogen) atoms. The van der Waals surface area contributed by atoms with Crippen molar-refractivity contribution < 1.29 is 9.28 Å². The molecule has 0 aromatic rings. The van der Waals surface area contributed by atoms with Crippen LogP contribution in [-0.2, 0) is 4.79 Å². The topological polar surface area (TPSA) is 17.1 Å². The highest BCUT2D eigenvalue weighted by atomic mass is 16.1. The van der Waals surface area contributed by atoms with Crippen LogP contribution >= 0.6 is 0 Å². The highest BCUT2D eigenvalue weighted by molar-refractivity contribution is 5.71. The van der Waals surface area contributed by atoms with Crippen molar-refractivity contribution in [3.63, 3.8) is 0 Å². The summed E-state index contributed by atoms with van der Waals surface area (Å²) in [6, 6.07) is 0.408. The lowest BCUT2D eigenvalue weighted by atomic mass is 9.97. The van der Waals surface area contributed by atoms with Crippen molar-refractivity contribution in [2.24, 2.45) is 5.92 Å². The van der Waals surface area contributed by atoms with E-state index >= 15 is 0 Å². The summed E-state index contributed by atoms with van der Waals surface area (Å²) in [6.07, 6.45) is 7.01. The van der Waals surface area contributed by atoms with Crippen molar-refractivity contribution in [3.05, 3.63) is 23.9 Å². The van der Waals surface area contributed by atoms with Gasteiger partial charge in [0.2, 0.25) is 6.29 Å². The van der Waals surface area contributed by atoms with Crippen LogP contribution in [0.4, 0.5) is 0 Å². The Bertz CT molecular complexity index is 261. The summed E-state index contributed by atoms with van der Waals surface area (Å²) in [7, 11) is 4.16. The van der Waals surface area contributed by atoms with Crippen LogP contribution in [0.3, 0.4) is 0 Å². The second-order valence-electron chi connectivity index (χ2n) is 4.37. The van der Waals surface area contributed by atoms with E-state index in [1.807, 2.05) is 12.2 Å². The van der Waals surface area contributed by atoms with Gasteiger partial charge in [-0.05, 0) is 6.08 Å². The molecular weight excluding hydrogens is 162 g/mol. The molecule has 0 saturated heterocycles. The summed E-state index contributed by atoms with van der Waals surface area (Å²) in [6.45, 7) is 4.37. The number of likely N-dealkylation sites (N-methyl/N-ethyl adjacent to an activating group) is 1. The first-order valence-corrected chi connectivity index (χ1v) is 4.68. The fourth-order valence-corrected chi connectivity index (χ4v) is 1.99. The second kappa shape index (κ2) is 3.46. The summed E-state index contributed by atoms with van der Waals surface area (Å²) < 4.78 is 0.664. The number of allylic oxidation sites excluding steroid dienone is 3. The Morgan fingerprint density at radius 3 is 2.54 bits per heavy atom. The van der Waals surface area contributed by atoms with Gasteiger partial charge in [0, 0.05) is 12.0 Å². The Labute approximate surface area is 80.1 Å². The molecule has 72 valence electrons. The van der Waals surface area contributed by atoms with Gasteiger partial charge in [0.05, 0.1) is 14.1 Å². The summed E-state index contributed by atoms with van der Waals surface area (Å²) >= 11 is 0. The van der Waals surface area contributed by atoms with Crippen LogP contribution in [0.25, 0.3) is 0 Å². The first-order chi connectivity index (χ1) is 6.00. The van der Waals surface area contributed by atoms with E-state index in [-0.39, 0.29) is 0 Å². The van der Waals surface area contributed by atoms with E-state index in [0.717, 1.165) is 12.0 Å². The number of nitrogens with zero attached hydrogens (tertiary/aromatic N) is 1. The minimum atomic E-state index is 0.408. The maximum Gasteiger partial charge on any atom is 0.203 e. The van der Waals surface area contributed by atoms with Gasteiger partial charge in [0.25, 0.3) is 0 Å². The molecule has 2 heteroatoms. The number of aldehydes is 1. The molecule has 0 aromatic carbocycles. The molecule has 0 fully saturated rings. The van der Waals surface area contributed by atoms with Gasteiger partial charge in [-0.2, -0.15) is 0 Å². The molecule has 1 heterocycles. The maximum atomic E-state index is 10.8. The largest absolute Gasteiger partial charge is 0.292 e. The molecular formula is C11H18NO+. The lowest BCUT2D eigenvalue weighted by Crippen LogP contribution is -2.50. The van der Waals surface area contributed by atoms with Crippen molar-refractivity contribution in [1.29, 1.82) is 0 Å². The molecule has 1 aliphatic heterocycles. The summed E-state index contributed by atoms with van der Waals surface area (Å²) in [4.78, 5) is 10.8. The van der Waals surface area contributed by atoms with Crippen LogP contribution in [0, 0.1) is 5.92 Å². The molecule has 0 amide bonds. The quantitative estimate of drug-likeness (QED) is 0.467. The molecule has 1 rings (SSSR count). The van der Waals surface area contributed by atoms with Gasteiger partial charge in [-0.25, -0.2) is 0 Å². The van der Waals surface area contributed by atoms with Crippen molar-refractivity contribution in [2.45, 2.75) is 19.9 Å². The predicted molar refractivity (Wildman–Crippen MR) is 54.0 cm³/mol. The number of rotatable bonds is 2. The standard InChI is InChI=1S/C11H18NO/c1-9(2)11-7-5-6-10(8-13)12(11,3)4/h5-9,11H,1-4H3/q+1. The fraction of sp³-hybridized carbons (Fsp3) is 0.545. The first kappa shape index (κ1) is 10.2. The highest BCUT2D eigenvalue weighted by Gasteiger charge is 2.34. The average molecular weight is 180 g/mol. The second-order valence-corrected chi connectivity index (χ2v) is 4.37. The van der Waals surface area contributed by atoms with Gasteiger partial charge in [0.15, 0.2) is 5.70 Å². The van der Waals surface area contributed by atoms with Crippen LogP contribution in [0.5, 0.6) is 0 Å². The van der Waals surface area contributed by atoms with Crippen LogP contribution in [0.2, 0.25) is 0 Å². The number of hydrogen-bond donors (Lipinski definition) is 0. The van der Waals surface area contributed by atoms with Crippen LogP contribution < -0.4 is 0 Å². The number of quaternary nitrogens is 1. The van der Waals surface area contributed by atoms with E-state index < -0.39 is 0 Å². The number of carbonyl (C=O) groups is 1. The van der Waals surface area contributed by atoms with Crippen LogP contribution in [0.1, 0.15) is 13.8 Å². The number of hydrogen-bond acceptors (Lipinski definition) is 1. The third kappa shape index (κ3) is 1.73. The third-order valence-corrected chi connectivity index (χ3v) is 2.79. The summed E-state index contributed by atoms with van der Waals surface area (Å²) in [5.74, 6) is 0.551. The Balaban J connectivity index is 3.01. The van der Waals surface area contributed by atoms with E-state index in [1.165, 1.54) is 0 Å². The van der Waals surface area contributed by atoms with E-state index in [4.69, 9.17) is 0 Å². The molecule has 1 aliphatic rings. The molecule has 0 aliphatic carbocycles. The van der Waals surface area contributed by atoms with Gasteiger partial charge >= 0.3 is 0 Å². The van der Waals surface area contributed by atoms with Crippen molar-refractivity contribution >= 4 is 6.29 Å². The third-order valence-electron chi connectivity index (χ3n) is 2.79. The SMILES string of the molecule is CC(C)C1C=CC=C(C=O)[N+]1(C)C. The monoisotopic (exact) mass is 180 g/mol. The predicted octanol–water partition coefficient (Wildman–Crippen LogP) is 1.74. The van der Waals surface area contributed by atoms with Crippen molar-refractivity contribution in [1.82, 2.24) is 0 Å². The Hall–Kier alpha value is -0.890. The maximum absolute atomic E-state index is 10.8. The van der Waals surface area contributed by atoms with E-state index in [0.29, 0.717) is 16.4 Å². The smallest absolute Gasteiger partial charge is 0.203 e. The normalized spacial score (nSPS) is 25.9. The molecule has 0 N–H and O–H groups in total. The Kier molecular flexibility index (Phi) is 2.71. The Morgan fingerprint density at radius 1 is 1.46 bits per heavy atom. The van der Waals surface area contributed by atoms with Gasteiger partial charge in [-0.15, -0.1) is 0 Å². The van der Waals surface area contributed by atoms with E-state index in [2.05, 4.69) is 34.0 Å². The summed E-state index contributed by atoms with van der Waals surface area (Å²) in [5.41, 5.74) is 0.848. The van der Waals surface area contributed by atoms with Gasteiger partial charge in [0.1, 0.15) is 6.04 Å². The van der Waals surface area contributed by atoms with Crippen molar-refractivity contribution in [2.75, 3.05) is 14.1 Å². The van der Waals surface area contributed by atoms with Crippen LogP contribution in [-0.4, -0.2) is 30.9 Å². The molecule has 0 radical (unpaired) electrons. The first-order valence-electron chi connectivity index (χ1n) is 4.68. The van der Waals surface area contributed by atoms with E-state index in [9.17, 15) is 4.79 Å². The minimum Gasteiger partial charge on any atom is -0.292 e. The lowest BCUT2D eigenvalue weighted by Gasteiger charge is -2.39. The van der Waals surface area contributed by atoms with Gasteiger partial charge in [-0.1, -0.05) is 19.9 Å². The summed E-state index contributed by atoms with van der Waals surface area (Å²) in [5, 5.41) is 0. The Morgan fingerprint density at radius 2 is 2.08 bits per heavy atom.